The van der Waals surface area contributed by atoms with E-state index >= 15 is 0 Å². The molecular formula is C35H34ClF4N5O3S. The average molecular weight is 716 g/mol. The van der Waals surface area contributed by atoms with Gasteiger partial charge in [0.25, 0.3) is 0 Å². The largest absolute Gasteiger partial charge is 0.416 e. The maximum atomic E-state index is 13.5. The lowest BCUT2D eigenvalue weighted by molar-refractivity contribution is -0.137. The first-order valence-electron chi connectivity index (χ1n) is 15.9. The lowest BCUT2D eigenvalue weighted by Gasteiger charge is -2.35. The first kappa shape index (κ1) is 34.9. The SMILES string of the molecule is O=C(CCc1cc(-c2ccc(C(F)(F)F)cc2)nc(N2CCN(Cc3ccccc3Cl)CC2)n1)[C@@H]1CCCN1S(=O)(=O)c1ccc(F)cc1. The zero-order chi connectivity index (χ0) is 34.8. The van der Waals surface area contributed by atoms with Crippen molar-refractivity contribution in [1.82, 2.24) is 19.2 Å². The molecule has 49 heavy (non-hydrogen) atoms. The van der Waals surface area contributed by atoms with Crippen LogP contribution in [-0.2, 0) is 34.0 Å². The van der Waals surface area contributed by atoms with Gasteiger partial charge in [0.15, 0.2) is 5.78 Å². The van der Waals surface area contributed by atoms with Crippen molar-refractivity contribution in [3.8, 4) is 11.3 Å². The third kappa shape index (κ3) is 8.12. The number of sulfonamides is 1. The summed E-state index contributed by atoms with van der Waals surface area (Å²) in [6.45, 7) is 3.45. The number of alkyl halides is 3. The number of nitrogens with zero attached hydrogens (tertiary/aromatic N) is 5. The van der Waals surface area contributed by atoms with Crippen LogP contribution in [0.25, 0.3) is 11.3 Å². The summed E-state index contributed by atoms with van der Waals surface area (Å²) in [5.74, 6) is -0.432. The van der Waals surface area contributed by atoms with Gasteiger partial charge in [0.2, 0.25) is 16.0 Å². The fourth-order valence-electron chi connectivity index (χ4n) is 6.21. The van der Waals surface area contributed by atoms with E-state index in [1.54, 1.807) is 6.07 Å². The molecule has 14 heteroatoms. The van der Waals surface area contributed by atoms with E-state index < -0.39 is 33.6 Å². The van der Waals surface area contributed by atoms with Crippen LogP contribution in [0.3, 0.4) is 0 Å². The number of aromatic nitrogens is 2. The number of halogens is 5. The molecule has 0 aliphatic carbocycles. The molecule has 2 fully saturated rings. The van der Waals surface area contributed by atoms with Gasteiger partial charge in [-0.25, -0.2) is 22.8 Å². The lowest BCUT2D eigenvalue weighted by atomic mass is 10.0. The fourth-order valence-corrected chi connectivity index (χ4v) is 8.09. The van der Waals surface area contributed by atoms with Crippen LogP contribution >= 0.6 is 11.6 Å². The third-order valence-electron chi connectivity index (χ3n) is 8.91. The topological polar surface area (TPSA) is 86.7 Å². The molecule has 1 aromatic heterocycles. The van der Waals surface area contributed by atoms with E-state index in [0.717, 1.165) is 29.8 Å². The Morgan fingerprint density at radius 1 is 0.898 bits per heavy atom. The summed E-state index contributed by atoms with van der Waals surface area (Å²) in [5.41, 5.74) is 1.65. The molecule has 0 N–H and O–H groups in total. The van der Waals surface area contributed by atoms with Crippen LogP contribution < -0.4 is 4.90 Å². The van der Waals surface area contributed by atoms with Crippen molar-refractivity contribution in [3.63, 3.8) is 0 Å². The van der Waals surface area contributed by atoms with Gasteiger partial charge in [0.05, 0.1) is 22.2 Å². The lowest BCUT2D eigenvalue weighted by Crippen LogP contribution is -2.46. The molecule has 8 nitrogen and oxygen atoms in total. The Morgan fingerprint density at radius 2 is 1.59 bits per heavy atom. The van der Waals surface area contributed by atoms with Gasteiger partial charge in [0, 0.05) is 62.0 Å². The number of hydrogen-bond acceptors (Lipinski definition) is 7. The minimum absolute atomic E-state index is 0.00534. The maximum Gasteiger partial charge on any atom is 0.416 e. The zero-order valence-corrected chi connectivity index (χ0v) is 28.0. The second-order valence-corrected chi connectivity index (χ2v) is 14.5. The summed E-state index contributed by atoms with van der Waals surface area (Å²) in [6, 6.07) is 17.7. The molecule has 3 aromatic carbocycles. The average Bonchev–Trinajstić information content (AvgIpc) is 3.60. The van der Waals surface area contributed by atoms with Gasteiger partial charge in [-0.3, -0.25) is 9.69 Å². The van der Waals surface area contributed by atoms with E-state index in [1.165, 1.54) is 28.6 Å². The molecular weight excluding hydrogens is 682 g/mol. The Balaban J connectivity index is 1.20. The highest BCUT2D eigenvalue weighted by atomic mass is 35.5. The van der Waals surface area contributed by atoms with Crippen molar-refractivity contribution < 1.29 is 30.8 Å². The predicted octanol–water partition coefficient (Wildman–Crippen LogP) is 6.63. The summed E-state index contributed by atoms with van der Waals surface area (Å²) in [6.07, 6.45) is -3.44. The summed E-state index contributed by atoms with van der Waals surface area (Å²) >= 11 is 6.36. The number of hydrogen-bond donors (Lipinski definition) is 0. The standard InChI is InChI=1S/C35H34ClF4N5O3S/c36-30-5-2-1-4-25(30)23-43-18-20-44(21-19-43)34-41-28(22-31(42-34)24-7-9-26(10-8-24)35(38,39)40)13-16-33(46)32-6-3-17-45(32)49(47,48)29-14-11-27(37)12-15-29/h1-2,4-5,7-12,14-15,22,32H,3,6,13,16-21,23H2/t32-/m0/s1. The zero-order valence-electron chi connectivity index (χ0n) is 26.4. The number of rotatable bonds is 10. The Labute approximate surface area is 287 Å². The monoisotopic (exact) mass is 715 g/mol. The van der Waals surface area contributed by atoms with Crippen molar-refractivity contribution in [2.75, 3.05) is 37.6 Å². The summed E-state index contributed by atoms with van der Waals surface area (Å²) in [4.78, 5) is 27.2. The minimum Gasteiger partial charge on any atom is -0.338 e. The third-order valence-corrected chi connectivity index (χ3v) is 11.2. The highest BCUT2D eigenvalue weighted by Crippen LogP contribution is 2.32. The highest BCUT2D eigenvalue weighted by molar-refractivity contribution is 7.89. The van der Waals surface area contributed by atoms with Crippen LogP contribution in [0.1, 0.15) is 36.1 Å². The quantitative estimate of drug-likeness (QED) is 0.171. The number of anilines is 1. The van der Waals surface area contributed by atoms with Crippen LogP contribution in [0.5, 0.6) is 0 Å². The Bertz CT molecular complexity index is 1900. The molecule has 3 heterocycles. The van der Waals surface area contributed by atoms with E-state index in [9.17, 15) is 30.8 Å². The van der Waals surface area contributed by atoms with Gasteiger partial charge < -0.3 is 4.90 Å². The maximum absolute atomic E-state index is 13.5. The van der Waals surface area contributed by atoms with Crippen molar-refractivity contribution in [1.29, 1.82) is 0 Å². The van der Waals surface area contributed by atoms with E-state index in [2.05, 4.69) is 4.90 Å². The summed E-state index contributed by atoms with van der Waals surface area (Å²) in [5, 5.41) is 0.700. The molecule has 0 spiro atoms. The number of Topliss-reactive ketones (excluding diaryl/α,β-unsaturated/α-hetero) is 1. The normalized spacial score (nSPS) is 17.8. The Hall–Kier alpha value is -3.91. The van der Waals surface area contributed by atoms with Crippen LogP contribution in [0.2, 0.25) is 5.02 Å². The smallest absolute Gasteiger partial charge is 0.338 e. The molecule has 6 rings (SSSR count). The molecule has 0 amide bonds. The summed E-state index contributed by atoms with van der Waals surface area (Å²) < 4.78 is 81.1. The molecule has 4 aromatic rings. The van der Waals surface area contributed by atoms with Gasteiger partial charge in [-0.2, -0.15) is 17.5 Å². The highest BCUT2D eigenvalue weighted by Gasteiger charge is 2.39. The van der Waals surface area contributed by atoms with E-state index in [4.69, 9.17) is 21.6 Å². The Kier molecular flexibility index (Phi) is 10.4. The molecule has 0 saturated carbocycles. The molecule has 0 radical (unpaired) electrons. The number of piperazine rings is 1. The molecule has 2 aliphatic heterocycles. The number of aryl methyl sites for hydroxylation is 1. The van der Waals surface area contributed by atoms with Crippen LogP contribution in [0.4, 0.5) is 23.5 Å². The number of carbonyl (C=O) groups is 1. The molecule has 0 unspecified atom stereocenters. The first-order chi connectivity index (χ1) is 23.4. The Morgan fingerprint density at radius 3 is 2.27 bits per heavy atom. The fraction of sp³-hybridized carbons (Fsp3) is 0.343. The van der Waals surface area contributed by atoms with Gasteiger partial charge in [-0.05, 0) is 73.4 Å². The van der Waals surface area contributed by atoms with Gasteiger partial charge in [-0.1, -0.05) is 41.9 Å². The second kappa shape index (κ2) is 14.5. The van der Waals surface area contributed by atoms with E-state index in [1.807, 2.05) is 29.2 Å². The van der Waals surface area contributed by atoms with E-state index in [0.29, 0.717) is 73.5 Å². The summed E-state index contributed by atoms with van der Waals surface area (Å²) in [7, 11) is -4.02. The van der Waals surface area contributed by atoms with Gasteiger partial charge in [-0.15, -0.1) is 0 Å². The van der Waals surface area contributed by atoms with Crippen molar-refractivity contribution >= 4 is 33.4 Å². The van der Waals surface area contributed by atoms with Gasteiger partial charge >= 0.3 is 6.18 Å². The minimum atomic E-state index is -4.48. The number of ketones is 1. The molecule has 2 aliphatic rings. The number of benzene rings is 3. The van der Waals surface area contributed by atoms with Crippen molar-refractivity contribution in [2.45, 2.75) is 49.3 Å². The van der Waals surface area contributed by atoms with Crippen LogP contribution in [0, 0.1) is 5.82 Å². The van der Waals surface area contributed by atoms with Gasteiger partial charge in [0.1, 0.15) is 5.82 Å². The van der Waals surface area contributed by atoms with Crippen LogP contribution in [-0.4, -0.2) is 72.1 Å². The van der Waals surface area contributed by atoms with Crippen LogP contribution in [0.15, 0.2) is 83.8 Å². The number of carbonyl (C=O) groups excluding carboxylic acids is 1. The second-order valence-electron chi connectivity index (χ2n) is 12.2. The van der Waals surface area contributed by atoms with E-state index in [-0.39, 0.29) is 30.1 Å². The van der Waals surface area contributed by atoms with Crippen molar-refractivity contribution in [2.24, 2.45) is 0 Å². The molecule has 2 saturated heterocycles. The molecule has 0 bridgehead atoms. The van der Waals surface area contributed by atoms with Crippen molar-refractivity contribution in [3.05, 3.63) is 107 Å². The molecule has 258 valence electrons. The first-order valence-corrected chi connectivity index (χ1v) is 17.8. The predicted molar refractivity (Wildman–Crippen MR) is 178 cm³/mol. The molecule has 1 atom stereocenters.